The summed E-state index contributed by atoms with van der Waals surface area (Å²) in [5.74, 6) is 1.76. The Morgan fingerprint density at radius 1 is 1.00 bits per heavy atom. The molecule has 1 saturated carbocycles. The van der Waals surface area contributed by atoms with Crippen LogP contribution in [0, 0.1) is 0 Å². The second kappa shape index (κ2) is 8.71. The van der Waals surface area contributed by atoms with E-state index in [4.69, 9.17) is 4.98 Å². The van der Waals surface area contributed by atoms with Crippen LogP contribution in [0.5, 0.6) is 0 Å². The fourth-order valence-corrected chi connectivity index (χ4v) is 4.94. The maximum absolute atomic E-state index is 9.73. The zero-order chi connectivity index (χ0) is 18.6. The summed E-state index contributed by atoms with van der Waals surface area (Å²) in [4.78, 5) is 16.6. The van der Waals surface area contributed by atoms with Gasteiger partial charge in [-0.15, -0.1) is 0 Å². The maximum atomic E-state index is 9.73. The largest absolute Gasteiger partial charge is 0.396 e. The molecule has 0 radical (unpaired) electrons. The highest BCUT2D eigenvalue weighted by atomic mass is 16.3. The highest BCUT2D eigenvalue weighted by Gasteiger charge is 2.34. The average molecular weight is 376 g/mol. The minimum absolute atomic E-state index is 0.175. The van der Waals surface area contributed by atoms with Crippen LogP contribution in [0.3, 0.4) is 0 Å². The van der Waals surface area contributed by atoms with Gasteiger partial charge in [0.1, 0.15) is 5.82 Å². The third-order valence-electron chi connectivity index (χ3n) is 6.48. The summed E-state index contributed by atoms with van der Waals surface area (Å²) in [6.45, 7) is 4.79. The van der Waals surface area contributed by atoms with Gasteiger partial charge in [0, 0.05) is 57.6 Å². The van der Waals surface area contributed by atoms with Crippen LogP contribution in [-0.2, 0) is 0 Å². The Hall–Kier alpha value is -1.44. The molecule has 4 rings (SSSR count). The standard InChI is InChI=1S/C20H33N5O2/c26-14-8-17-15-24(12-13-25(17)16-3-1-2-4-16)20-21-9-5-19(22-20)23-10-6-18(27)7-11-23/h5,9,16-18,26-27H,1-4,6-8,10-15H2. The lowest BCUT2D eigenvalue weighted by Gasteiger charge is -2.44. The van der Waals surface area contributed by atoms with Crippen molar-refractivity contribution in [2.75, 3.05) is 49.1 Å². The van der Waals surface area contributed by atoms with E-state index in [1.54, 1.807) is 0 Å². The predicted octanol–water partition coefficient (Wildman–Crippen LogP) is 1.25. The molecule has 2 saturated heterocycles. The Bertz CT molecular complexity index is 602. The Morgan fingerprint density at radius 2 is 1.78 bits per heavy atom. The highest BCUT2D eigenvalue weighted by Crippen LogP contribution is 2.29. The monoisotopic (exact) mass is 375 g/mol. The molecule has 1 aromatic rings. The van der Waals surface area contributed by atoms with Gasteiger partial charge in [-0.25, -0.2) is 4.98 Å². The molecule has 1 atom stereocenters. The Morgan fingerprint density at radius 3 is 2.52 bits per heavy atom. The summed E-state index contributed by atoms with van der Waals surface area (Å²) in [6, 6.07) is 3.04. The van der Waals surface area contributed by atoms with Crippen LogP contribution in [-0.4, -0.2) is 82.6 Å². The minimum atomic E-state index is -0.175. The summed E-state index contributed by atoms with van der Waals surface area (Å²) in [6.07, 6.45) is 9.38. The van der Waals surface area contributed by atoms with Crippen LogP contribution in [0.15, 0.2) is 12.3 Å². The van der Waals surface area contributed by atoms with E-state index in [0.717, 1.165) is 63.8 Å². The zero-order valence-electron chi connectivity index (χ0n) is 16.2. The second-order valence-corrected chi connectivity index (χ2v) is 8.22. The number of aliphatic hydroxyl groups is 2. The van der Waals surface area contributed by atoms with Crippen molar-refractivity contribution in [3.8, 4) is 0 Å². The number of aromatic nitrogens is 2. The lowest BCUT2D eigenvalue weighted by molar-refractivity contribution is 0.0979. The van der Waals surface area contributed by atoms with E-state index in [1.807, 2.05) is 12.3 Å². The molecule has 0 aromatic carbocycles. The van der Waals surface area contributed by atoms with Gasteiger partial charge in [0.05, 0.1) is 6.10 Å². The van der Waals surface area contributed by atoms with Crippen LogP contribution < -0.4 is 9.80 Å². The fraction of sp³-hybridized carbons (Fsp3) is 0.800. The number of hydrogen-bond acceptors (Lipinski definition) is 7. The van der Waals surface area contributed by atoms with Gasteiger partial charge in [-0.1, -0.05) is 12.8 Å². The van der Waals surface area contributed by atoms with Crippen molar-refractivity contribution < 1.29 is 10.2 Å². The Kier molecular flexibility index (Phi) is 6.10. The molecule has 2 N–H and O–H groups in total. The van der Waals surface area contributed by atoms with Gasteiger partial charge in [0.15, 0.2) is 0 Å². The van der Waals surface area contributed by atoms with Gasteiger partial charge < -0.3 is 20.0 Å². The molecule has 27 heavy (non-hydrogen) atoms. The summed E-state index contributed by atoms with van der Waals surface area (Å²) >= 11 is 0. The van der Waals surface area contributed by atoms with E-state index in [0.29, 0.717) is 12.1 Å². The molecular formula is C20H33N5O2. The lowest BCUT2D eigenvalue weighted by Crippen LogP contribution is -2.56. The van der Waals surface area contributed by atoms with Gasteiger partial charge in [-0.3, -0.25) is 4.90 Å². The van der Waals surface area contributed by atoms with E-state index in [2.05, 4.69) is 19.7 Å². The van der Waals surface area contributed by atoms with Gasteiger partial charge in [0.2, 0.25) is 5.95 Å². The van der Waals surface area contributed by atoms with Gasteiger partial charge >= 0.3 is 0 Å². The van der Waals surface area contributed by atoms with Gasteiger partial charge in [-0.05, 0) is 38.2 Å². The Labute approximate surface area is 162 Å². The van der Waals surface area contributed by atoms with Gasteiger partial charge in [-0.2, -0.15) is 4.98 Å². The van der Waals surface area contributed by atoms with E-state index in [-0.39, 0.29) is 12.7 Å². The molecule has 150 valence electrons. The molecule has 3 fully saturated rings. The molecule has 7 heteroatoms. The molecule has 1 aromatic heterocycles. The van der Waals surface area contributed by atoms with Crippen molar-refractivity contribution in [1.82, 2.24) is 14.9 Å². The molecule has 0 spiro atoms. The smallest absolute Gasteiger partial charge is 0.227 e. The number of rotatable bonds is 5. The second-order valence-electron chi connectivity index (χ2n) is 8.22. The van der Waals surface area contributed by atoms with Crippen molar-refractivity contribution in [2.45, 2.75) is 63.1 Å². The molecule has 0 bridgehead atoms. The number of nitrogens with zero attached hydrogens (tertiary/aromatic N) is 5. The minimum Gasteiger partial charge on any atom is -0.396 e. The normalized spacial score (nSPS) is 26.1. The maximum Gasteiger partial charge on any atom is 0.227 e. The molecule has 3 aliphatic rings. The van der Waals surface area contributed by atoms with Crippen molar-refractivity contribution >= 4 is 11.8 Å². The summed E-state index contributed by atoms with van der Waals surface area (Å²) in [7, 11) is 0. The zero-order valence-corrected chi connectivity index (χ0v) is 16.2. The third-order valence-corrected chi connectivity index (χ3v) is 6.48. The topological polar surface area (TPSA) is 76.0 Å². The third kappa shape index (κ3) is 4.36. The van der Waals surface area contributed by atoms with E-state index < -0.39 is 0 Å². The van der Waals surface area contributed by atoms with E-state index in [1.165, 1.54) is 25.7 Å². The molecule has 3 heterocycles. The van der Waals surface area contributed by atoms with Crippen molar-refractivity contribution in [3.05, 3.63) is 12.3 Å². The summed E-state index contributed by atoms with van der Waals surface area (Å²) in [5.41, 5.74) is 0. The van der Waals surface area contributed by atoms with Crippen LogP contribution >= 0.6 is 0 Å². The van der Waals surface area contributed by atoms with Gasteiger partial charge in [0.25, 0.3) is 0 Å². The molecule has 1 unspecified atom stereocenters. The van der Waals surface area contributed by atoms with Crippen LogP contribution in [0.2, 0.25) is 0 Å². The first-order chi connectivity index (χ1) is 13.2. The summed E-state index contributed by atoms with van der Waals surface area (Å²) < 4.78 is 0. The first kappa shape index (κ1) is 18.9. The number of piperazine rings is 1. The molecule has 7 nitrogen and oxygen atoms in total. The van der Waals surface area contributed by atoms with E-state index >= 15 is 0 Å². The average Bonchev–Trinajstić information content (AvgIpc) is 3.23. The SMILES string of the molecule is OCCC1CN(c2nccc(N3CCC(O)CC3)n2)CCN1C1CCCC1. The Balaban J connectivity index is 1.44. The number of anilines is 2. The molecule has 1 aliphatic carbocycles. The quantitative estimate of drug-likeness (QED) is 0.802. The van der Waals surface area contributed by atoms with Crippen molar-refractivity contribution in [3.63, 3.8) is 0 Å². The number of hydrogen-bond donors (Lipinski definition) is 2. The first-order valence-electron chi connectivity index (χ1n) is 10.6. The van der Waals surface area contributed by atoms with Crippen LogP contribution in [0.25, 0.3) is 0 Å². The summed E-state index contributed by atoms with van der Waals surface area (Å²) in [5, 5.41) is 19.3. The predicted molar refractivity (Wildman–Crippen MR) is 106 cm³/mol. The fourth-order valence-electron chi connectivity index (χ4n) is 4.94. The first-order valence-corrected chi connectivity index (χ1v) is 10.6. The van der Waals surface area contributed by atoms with Crippen LogP contribution in [0.1, 0.15) is 44.9 Å². The van der Waals surface area contributed by atoms with Crippen LogP contribution in [0.4, 0.5) is 11.8 Å². The highest BCUT2D eigenvalue weighted by molar-refractivity contribution is 5.44. The lowest BCUT2D eigenvalue weighted by atomic mass is 10.0. The van der Waals surface area contributed by atoms with E-state index in [9.17, 15) is 10.2 Å². The van der Waals surface area contributed by atoms with Crippen molar-refractivity contribution in [2.24, 2.45) is 0 Å². The van der Waals surface area contributed by atoms with Crippen molar-refractivity contribution in [1.29, 1.82) is 0 Å². The number of aliphatic hydroxyl groups excluding tert-OH is 2. The molecular weight excluding hydrogens is 342 g/mol. The number of piperidine rings is 1. The molecule has 0 amide bonds. The molecule has 2 aliphatic heterocycles.